The highest BCUT2D eigenvalue weighted by molar-refractivity contribution is 5.87. The smallest absolute Gasteiger partial charge is 0.320 e. The van der Waals surface area contributed by atoms with Crippen LogP contribution in [-0.4, -0.2) is 132 Å². The molecule has 1 aliphatic carbocycles. The number of piperidine rings is 2. The Morgan fingerprint density at radius 2 is 1.98 bits per heavy atom. The molecule has 3 amide bonds. The summed E-state index contributed by atoms with van der Waals surface area (Å²) in [5.41, 5.74) is 0. The molecule has 6 fully saturated rings. The third-order valence-electron chi connectivity index (χ3n) is 12.4. The molecule has 0 aromatic carbocycles. The fourth-order valence-corrected chi connectivity index (χ4v) is 10.2. The van der Waals surface area contributed by atoms with E-state index in [1.807, 2.05) is 16.7 Å². The average molecular weight is 663 g/mol. The Morgan fingerprint density at radius 3 is 2.68 bits per heavy atom. The zero-order chi connectivity index (χ0) is 33.6. The van der Waals surface area contributed by atoms with Crippen LogP contribution in [0.25, 0.3) is 0 Å². The summed E-state index contributed by atoms with van der Waals surface area (Å²) in [6.45, 7) is 17.4. The number of fused-ring (bicyclic) bond motifs is 5. The fourth-order valence-electron chi connectivity index (χ4n) is 10.2. The summed E-state index contributed by atoms with van der Waals surface area (Å²) in [6.07, 6.45) is 1.53. The SMILES string of the molecule is C=CC(=O)N1CCN(C2NC(=O)N3C4NC(C(C)CC42)C2C(F)CCCC2OCC(OCC)C(O)C2CCNC(C(C)C)C23)[C@@H](C)C1. The number of nitrogens with one attached hydrogen (secondary N) is 3. The van der Waals surface area contributed by atoms with E-state index in [9.17, 15) is 14.7 Å². The summed E-state index contributed by atoms with van der Waals surface area (Å²) in [6, 6.07) is -0.688. The highest BCUT2D eigenvalue weighted by Gasteiger charge is 2.58. The second kappa shape index (κ2) is 14.6. The van der Waals surface area contributed by atoms with Gasteiger partial charge in [-0.05, 0) is 70.4 Å². The van der Waals surface area contributed by atoms with Gasteiger partial charge in [0.25, 0.3) is 0 Å². The second-order valence-electron chi connectivity index (χ2n) is 15.4. The minimum absolute atomic E-state index is 0.00207. The molecule has 11 nitrogen and oxygen atoms in total. The lowest BCUT2D eigenvalue weighted by Gasteiger charge is -2.61. The van der Waals surface area contributed by atoms with Crippen molar-refractivity contribution in [3.05, 3.63) is 12.7 Å². The number of aliphatic hydroxyl groups excluding tert-OH is 1. The molecule has 47 heavy (non-hydrogen) atoms. The number of carbonyl (C=O) groups is 2. The molecule has 12 heteroatoms. The summed E-state index contributed by atoms with van der Waals surface area (Å²) >= 11 is 0. The van der Waals surface area contributed by atoms with Gasteiger partial charge in [-0.15, -0.1) is 0 Å². The summed E-state index contributed by atoms with van der Waals surface area (Å²) in [5.74, 6) is -0.344. The highest BCUT2D eigenvalue weighted by Crippen LogP contribution is 2.44. The van der Waals surface area contributed by atoms with Gasteiger partial charge in [0.05, 0.1) is 37.2 Å². The number of nitrogens with zero attached hydrogens (tertiary/aromatic N) is 3. The van der Waals surface area contributed by atoms with Gasteiger partial charge in [0.1, 0.15) is 12.3 Å². The molecule has 2 bridgehead atoms. The van der Waals surface area contributed by atoms with Crippen molar-refractivity contribution in [3.63, 3.8) is 0 Å². The molecule has 14 atom stereocenters. The maximum absolute atomic E-state index is 16.1. The van der Waals surface area contributed by atoms with Gasteiger partial charge in [-0.3, -0.25) is 15.0 Å². The first-order valence-electron chi connectivity index (χ1n) is 18.4. The lowest BCUT2D eigenvalue weighted by Crippen LogP contribution is -2.80. The van der Waals surface area contributed by atoms with E-state index in [1.54, 1.807) is 0 Å². The van der Waals surface area contributed by atoms with Gasteiger partial charge in [0.2, 0.25) is 5.91 Å². The van der Waals surface area contributed by atoms with E-state index < -0.39 is 18.4 Å². The predicted molar refractivity (Wildman–Crippen MR) is 177 cm³/mol. The Labute approximate surface area is 280 Å². The molecule has 0 aromatic rings. The zero-order valence-corrected chi connectivity index (χ0v) is 29.0. The number of rotatable bonds is 5. The minimum atomic E-state index is -1.02. The van der Waals surface area contributed by atoms with Gasteiger partial charge in [-0.1, -0.05) is 27.4 Å². The number of piperazine rings is 1. The molecule has 5 heterocycles. The first-order chi connectivity index (χ1) is 22.5. The van der Waals surface area contributed by atoms with E-state index in [1.165, 1.54) is 6.08 Å². The Kier molecular flexibility index (Phi) is 10.9. The lowest BCUT2D eigenvalue weighted by atomic mass is 9.69. The number of urea groups is 1. The van der Waals surface area contributed by atoms with Crippen LogP contribution >= 0.6 is 0 Å². The Hall–Kier alpha value is -1.83. The van der Waals surface area contributed by atoms with E-state index in [0.717, 1.165) is 25.8 Å². The summed E-state index contributed by atoms with van der Waals surface area (Å²) in [5, 5.41) is 23.2. The van der Waals surface area contributed by atoms with Crippen LogP contribution in [-0.2, 0) is 14.3 Å². The van der Waals surface area contributed by atoms with Crippen molar-refractivity contribution < 1.29 is 28.6 Å². The third-order valence-corrected chi connectivity index (χ3v) is 12.4. The Balaban J connectivity index is 1.42. The molecular formula is C35H59FN6O5. The summed E-state index contributed by atoms with van der Waals surface area (Å²) in [4.78, 5) is 33.3. The van der Waals surface area contributed by atoms with E-state index in [-0.39, 0.29) is 90.7 Å². The molecule has 0 spiro atoms. The van der Waals surface area contributed by atoms with Gasteiger partial charge >= 0.3 is 6.03 Å². The van der Waals surface area contributed by atoms with Crippen molar-refractivity contribution in [2.45, 2.75) is 128 Å². The zero-order valence-electron chi connectivity index (χ0n) is 29.0. The van der Waals surface area contributed by atoms with Gasteiger partial charge in [0, 0.05) is 62.1 Å². The van der Waals surface area contributed by atoms with E-state index >= 15 is 4.39 Å². The van der Waals surface area contributed by atoms with Crippen molar-refractivity contribution >= 4 is 11.9 Å². The monoisotopic (exact) mass is 662 g/mol. The highest BCUT2D eigenvalue weighted by atomic mass is 19.1. The maximum Gasteiger partial charge on any atom is 0.320 e. The van der Waals surface area contributed by atoms with Gasteiger partial charge < -0.3 is 35.0 Å². The fraction of sp³-hybridized carbons (Fsp3) is 0.886. The van der Waals surface area contributed by atoms with Gasteiger partial charge in [-0.25, -0.2) is 9.18 Å². The van der Waals surface area contributed by atoms with Gasteiger partial charge in [0.15, 0.2) is 0 Å². The Morgan fingerprint density at radius 1 is 1.19 bits per heavy atom. The average Bonchev–Trinajstić information content (AvgIpc) is 3.05. The molecular weight excluding hydrogens is 603 g/mol. The molecule has 5 saturated heterocycles. The van der Waals surface area contributed by atoms with Crippen molar-refractivity contribution in [1.29, 1.82) is 0 Å². The van der Waals surface area contributed by atoms with Crippen LogP contribution in [0.1, 0.15) is 66.7 Å². The number of aliphatic hydroxyl groups is 1. The van der Waals surface area contributed by atoms with Crippen LogP contribution < -0.4 is 16.0 Å². The van der Waals surface area contributed by atoms with Crippen molar-refractivity contribution in [2.24, 2.45) is 29.6 Å². The number of ether oxygens (including phenoxy) is 2. The number of hydrogen-bond acceptors (Lipinski definition) is 8. The molecule has 6 rings (SSSR count). The van der Waals surface area contributed by atoms with Crippen molar-refractivity contribution in [3.8, 4) is 0 Å². The van der Waals surface area contributed by atoms with E-state index in [2.05, 4.69) is 55.1 Å². The van der Waals surface area contributed by atoms with Crippen molar-refractivity contribution in [2.75, 3.05) is 39.4 Å². The van der Waals surface area contributed by atoms with E-state index in [4.69, 9.17) is 9.47 Å². The molecule has 5 aliphatic heterocycles. The first kappa shape index (κ1) is 35.0. The number of hydrogen-bond donors (Lipinski definition) is 4. The number of amides is 3. The van der Waals surface area contributed by atoms with Gasteiger partial charge in [-0.2, -0.15) is 0 Å². The number of halogens is 1. The predicted octanol–water partition coefficient (Wildman–Crippen LogP) is 2.30. The molecule has 0 aromatic heterocycles. The lowest BCUT2D eigenvalue weighted by molar-refractivity contribution is -0.164. The largest absolute Gasteiger partial charge is 0.390 e. The van der Waals surface area contributed by atoms with Crippen LogP contribution in [0, 0.1) is 29.6 Å². The Bertz CT molecular complexity index is 1130. The molecule has 266 valence electrons. The summed E-state index contributed by atoms with van der Waals surface area (Å²) in [7, 11) is 0. The third kappa shape index (κ3) is 6.59. The topological polar surface area (TPSA) is 119 Å². The molecule has 13 unspecified atom stereocenters. The quantitative estimate of drug-likeness (QED) is 0.332. The molecule has 0 radical (unpaired) electrons. The van der Waals surface area contributed by atoms with E-state index in [0.29, 0.717) is 39.1 Å². The number of alkyl halides is 1. The molecule has 1 saturated carbocycles. The number of carbonyl (C=O) groups excluding carboxylic acids is 2. The minimum Gasteiger partial charge on any atom is -0.390 e. The molecule has 4 N–H and O–H groups in total. The molecule has 6 aliphatic rings. The second-order valence-corrected chi connectivity index (χ2v) is 15.4. The van der Waals surface area contributed by atoms with Crippen LogP contribution in [0.4, 0.5) is 9.18 Å². The van der Waals surface area contributed by atoms with Crippen LogP contribution in [0.5, 0.6) is 0 Å². The standard InChI is InChI=1S/C35H59FN6O5/c1-7-27(43)40-14-15-41(21(6)17-40)33-23-16-20(5)30-28-24(36)10-9-11-25(28)47-18-26(46-8-2)32(44)22-12-13-37-29(19(3)4)31(22)42(34(23)38-30)35(45)39-33/h7,19-26,28-34,37-38,44H,1,8-18H2,2-6H3,(H,39,45)/t20?,21-,22?,23?,24?,25?,26?,28?,29?,30?,31?,32?,33?,34?/m0/s1. The summed E-state index contributed by atoms with van der Waals surface area (Å²) < 4.78 is 28.9. The first-order valence-corrected chi connectivity index (χ1v) is 18.4. The normalized spacial score (nSPS) is 44.8. The van der Waals surface area contributed by atoms with Crippen LogP contribution in [0.15, 0.2) is 12.7 Å². The van der Waals surface area contributed by atoms with Crippen LogP contribution in [0.3, 0.4) is 0 Å². The maximum atomic E-state index is 16.1. The van der Waals surface area contributed by atoms with Crippen LogP contribution in [0.2, 0.25) is 0 Å². The van der Waals surface area contributed by atoms with Crippen molar-refractivity contribution in [1.82, 2.24) is 30.7 Å².